The molecular weight excluding hydrogens is 274 g/mol. The Morgan fingerprint density at radius 3 is 2.60 bits per heavy atom. The molecule has 0 saturated carbocycles. The molecule has 0 saturated heterocycles. The number of rotatable bonds is 7. The second-order valence-corrected chi connectivity index (χ2v) is 3.69. The van der Waals surface area contributed by atoms with Gasteiger partial charge in [0.05, 0.1) is 12.8 Å². The number of alkyl halides is 2. The Kier molecular flexibility index (Phi) is 6.13. The Hall–Kier alpha value is -1.93. The van der Waals surface area contributed by atoms with Gasteiger partial charge in [-0.05, 0) is 12.1 Å². The lowest BCUT2D eigenvalue weighted by Crippen LogP contribution is -2.36. The summed E-state index contributed by atoms with van der Waals surface area (Å²) in [5.41, 5.74) is 5.40. The first-order valence-corrected chi connectivity index (χ1v) is 5.68. The van der Waals surface area contributed by atoms with E-state index in [9.17, 15) is 13.6 Å². The zero-order valence-electron chi connectivity index (χ0n) is 11.1. The van der Waals surface area contributed by atoms with Crippen LogP contribution in [0.25, 0.3) is 0 Å². The van der Waals surface area contributed by atoms with Crippen molar-refractivity contribution in [2.45, 2.75) is 12.7 Å². The van der Waals surface area contributed by atoms with E-state index in [-0.39, 0.29) is 18.0 Å². The molecule has 1 aromatic rings. The van der Waals surface area contributed by atoms with Crippen LogP contribution in [0.4, 0.5) is 14.5 Å². The van der Waals surface area contributed by atoms with Crippen LogP contribution in [0, 0.1) is 0 Å². The summed E-state index contributed by atoms with van der Waals surface area (Å²) in [5, 5.41) is 2.41. The summed E-state index contributed by atoms with van der Waals surface area (Å²) in [7, 11) is 2.73. The van der Waals surface area contributed by atoms with Crippen LogP contribution in [0.3, 0.4) is 0 Å². The highest BCUT2D eigenvalue weighted by molar-refractivity contribution is 5.95. The minimum absolute atomic E-state index is 0.0443. The lowest BCUT2D eigenvalue weighted by atomic mass is 10.2. The summed E-state index contributed by atoms with van der Waals surface area (Å²) in [4.78, 5) is 11.8. The first-order valence-electron chi connectivity index (χ1n) is 5.68. The molecule has 1 aromatic carbocycles. The van der Waals surface area contributed by atoms with Gasteiger partial charge in [-0.1, -0.05) is 0 Å². The van der Waals surface area contributed by atoms with Crippen LogP contribution in [-0.2, 0) is 9.53 Å². The lowest BCUT2D eigenvalue weighted by Gasteiger charge is -2.16. The monoisotopic (exact) mass is 290 g/mol. The predicted octanol–water partition coefficient (Wildman–Crippen LogP) is 1.21. The molecule has 0 aliphatic rings. The zero-order valence-corrected chi connectivity index (χ0v) is 11.1. The fraction of sp³-hybridized carbons (Fsp3) is 0.417. The minimum Gasteiger partial charge on any atom is -0.497 e. The van der Waals surface area contributed by atoms with Crippen molar-refractivity contribution in [3.05, 3.63) is 18.2 Å². The van der Waals surface area contributed by atoms with Gasteiger partial charge in [0, 0.05) is 19.7 Å². The number of nitrogens with two attached hydrogens (primary N) is 1. The van der Waals surface area contributed by atoms with E-state index in [1.165, 1.54) is 32.4 Å². The van der Waals surface area contributed by atoms with Crippen molar-refractivity contribution in [3.8, 4) is 11.5 Å². The average Bonchev–Trinajstić information content (AvgIpc) is 2.41. The highest BCUT2D eigenvalue weighted by atomic mass is 19.3. The van der Waals surface area contributed by atoms with Crippen molar-refractivity contribution in [3.63, 3.8) is 0 Å². The summed E-state index contributed by atoms with van der Waals surface area (Å²) < 4.78 is 38.7. The highest BCUT2D eigenvalue weighted by Gasteiger charge is 2.19. The summed E-state index contributed by atoms with van der Waals surface area (Å²) in [6.07, 6.45) is -0.888. The number of methoxy groups -OCH3 is 2. The van der Waals surface area contributed by atoms with Gasteiger partial charge in [0.1, 0.15) is 17.6 Å². The topological polar surface area (TPSA) is 82.8 Å². The molecule has 0 aromatic heterocycles. The molecule has 20 heavy (non-hydrogen) atoms. The van der Waals surface area contributed by atoms with Crippen molar-refractivity contribution < 1.29 is 27.8 Å². The SMILES string of the molecule is COc1ccc(OC(F)F)c(NC(=O)C(CN)OC)c1. The second-order valence-electron chi connectivity index (χ2n) is 3.69. The molecule has 0 spiro atoms. The van der Waals surface area contributed by atoms with E-state index in [1.807, 2.05) is 0 Å². The third kappa shape index (κ3) is 4.32. The number of hydrogen-bond donors (Lipinski definition) is 2. The normalized spacial score (nSPS) is 12.1. The van der Waals surface area contributed by atoms with E-state index < -0.39 is 18.6 Å². The molecular formula is C12H16F2N2O4. The van der Waals surface area contributed by atoms with Crippen molar-refractivity contribution in [2.75, 3.05) is 26.1 Å². The van der Waals surface area contributed by atoms with E-state index >= 15 is 0 Å². The van der Waals surface area contributed by atoms with E-state index in [0.29, 0.717) is 5.75 Å². The van der Waals surface area contributed by atoms with Crippen molar-refractivity contribution in [1.29, 1.82) is 0 Å². The van der Waals surface area contributed by atoms with Gasteiger partial charge in [-0.15, -0.1) is 0 Å². The van der Waals surface area contributed by atoms with E-state index in [4.69, 9.17) is 15.2 Å². The number of ether oxygens (including phenoxy) is 3. The maximum Gasteiger partial charge on any atom is 0.387 e. The van der Waals surface area contributed by atoms with Crippen LogP contribution in [-0.4, -0.2) is 39.4 Å². The van der Waals surface area contributed by atoms with Crippen molar-refractivity contribution >= 4 is 11.6 Å². The molecule has 0 bridgehead atoms. The largest absolute Gasteiger partial charge is 0.497 e. The van der Waals surface area contributed by atoms with Crippen molar-refractivity contribution in [2.24, 2.45) is 5.73 Å². The quantitative estimate of drug-likeness (QED) is 0.788. The molecule has 0 aliphatic heterocycles. The Labute approximate surface area is 114 Å². The first-order chi connectivity index (χ1) is 9.51. The number of anilines is 1. The van der Waals surface area contributed by atoms with Gasteiger partial charge >= 0.3 is 6.61 Å². The van der Waals surface area contributed by atoms with Crippen molar-refractivity contribution in [1.82, 2.24) is 0 Å². The van der Waals surface area contributed by atoms with Gasteiger partial charge < -0.3 is 25.3 Å². The molecule has 0 radical (unpaired) electrons. The molecule has 112 valence electrons. The fourth-order valence-corrected chi connectivity index (χ4v) is 1.46. The van der Waals surface area contributed by atoms with Gasteiger partial charge in [0.15, 0.2) is 0 Å². The van der Waals surface area contributed by atoms with Gasteiger partial charge in [0.25, 0.3) is 5.91 Å². The van der Waals surface area contributed by atoms with Crippen LogP contribution in [0.1, 0.15) is 0 Å². The number of amides is 1. The molecule has 1 atom stereocenters. The number of halogens is 2. The maximum atomic E-state index is 12.3. The third-order valence-electron chi connectivity index (χ3n) is 2.45. The molecule has 3 N–H and O–H groups in total. The molecule has 1 rings (SSSR count). The summed E-state index contributed by atoms with van der Waals surface area (Å²) in [6, 6.07) is 4.06. The minimum atomic E-state index is -3.01. The molecule has 0 aliphatic carbocycles. The predicted molar refractivity (Wildman–Crippen MR) is 68.1 cm³/mol. The average molecular weight is 290 g/mol. The molecule has 0 fully saturated rings. The maximum absolute atomic E-state index is 12.3. The Morgan fingerprint density at radius 2 is 2.10 bits per heavy atom. The molecule has 1 unspecified atom stereocenters. The standard InChI is InChI=1S/C12H16F2N2O4/c1-18-7-3-4-9(20-12(13)14)8(5-7)16-11(17)10(6-15)19-2/h3-5,10,12H,6,15H2,1-2H3,(H,16,17). The number of hydrogen-bond acceptors (Lipinski definition) is 5. The summed E-state index contributed by atoms with van der Waals surface area (Å²) in [5.74, 6) is -0.368. The Balaban J connectivity index is 2.97. The summed E-state index contributed by atoms with van der Waals surface area (Å²) >= 11 is 0. The van der Waals surface area contributed by atoms with E-state index in [2.05, 4.69) is 10.1 Å². The lowest BCUT2D eigenvalue weighted by molar-refractivity contribution is -0.125. The van der Waals surface area contributed by atoms with Crippen LogP contribution in [0.5, 0.6) is 11.5 Å². The summed E-state index contributed by atoms with van der Waals surface area (Å²) in [6.45, 7) is -3.05. The van der Waals surface area contributed by atoms with Crippen LogP contribution in [0.15, 0.2) is 18.2 Å². The molecule has 1 amide bonds. The fourth-order valence-electron chi connectivity index (χ4n) is 1.46. The van der Waals surface area contributed by atoms with Crippen LogP contribution >= 0.6 is 0 Å². The highest BCUT2D eigenvalue weighted by Crippen LogP contribution is 2.30. The zero-order chi connectivity index (χ0) is 15.1. The number of nitrogens with one attached hydrogen (secondary N) is 1. The van der Waals surface area contributed by atoms with Gasteiger partial charge in [-0.2, -0.15) is 8.78 Å². The number of benzene rings is 1. The molecule has 8 heteroatoms. The van der Waals surface area contributed by atoms with Gasteiger partial charge in [-0.25, -0.2) is 0 Å². The van der Waals surface area contributed by atoms with Crippen LogP contribution in [0.2, 0.25) is 0 Å². The Bertz CT molecular complexity index is 453. The Morgan fingerprint density at radius 1 is 1.40 bits per heavy atom. The number of carbonyl (C=O) groups excluding carboxylic acids is 1. The number of carbonyl (C=O) groups is 1. The van der Waals surface area contributed by atoms with Gasteiger partial charge in [0.2, 0.25) is 0 Å². The van der Waals surface area contributed by atoms with Gasteiger partial charge in [-0.3, -0.25) is 4.79 Å². The molecule has 6 nitrogen and oxygen atoms in total. The van der Waals surface area contributed by atoms with Crippen LogP contribution < -0.4 is 20.5 Å². The third-order valence-corrected chi connectivity index (χ3v) is 2.45. The van der Waals surface area contributed by atoms with E-state index in [1.54, 1.807) is 0 Å². The molecule has 0 heterocycles. The van der Waals surface area contributed by atoms with E-state index in [0.717, 1.165) is 0 Å². The smallest absolute Gasteiger partial charge is 0.387 e. The second kappa shape index (κ2) is 7.61. The first kappa shape index (κ1) is 16.1.